The number of benzene rings is 2. The number of amides is 1. The molecule has 1 aliphatic heterocycles. The van der Waals surface area contributed by atoms with Crippen LogP contribution < -0.4 is 5.32 Å². The van der Waals surface area contributed by atoms with Gasteiger partial charge in [-0.05, 0) is 13.3 Å². The summed E-state index contributed by atoms with van der Waals surface area (Å²) < 4.78 is 23.5. The molecule has 1 amide bonds. The number of H-pyrrole nitrogens is 1. The normalized spacial score (nSPS) is 20.2. The molecule has 4 rings (SSSR count). The molecule has 2 heterocycles. The molecular formula is C22H23N3O3S2. The van der Waals surface area contributed by atoms with Gasteiger partial charge in [0.25, 0.3) is 0 Å². The van der Waals surface area contributed by atoms with Gasteiger partial charge in [0.15, 0.2) is 15.0 Å². The van der Waals surface area contributed by atoms with Gasteiger partial charge in [0.1, 0.15) is 0 Å². The number of carbonyl (C=O) groups excluding carboxylic acids is 1. The van der Waals surface area contributed by atoms with E-state index in [0.717, 1.165) is 22.5 Å². The third-order valence-electron chi connectivity index (χ3n) is 5.08. The number of nitrogens with one attached hydrogen (secondary N) is 2. The Morgan fingerprint density at radius 3 is 2.33 bits per heavy atom. The lowest BCUT2D eigenvalue weighted by Gasteiger charge is -2.23. The van der Waals surface area contributed by atoms with E-state index in [2.05, 4.69) is 10.3 Å². The highest BCUT2D eigenvalue weighted by molar-refractivity contribution is 7.99. The molecule has 1 aromatic heterocycles. The monoisotopic (exact) mass is 441 g/mol. The fourth-order valence-corrected chi connectivity index (χ4v) is 6.42. The highest BCUT2D eigenvalue weighted by atomic mass is 32.2. The smallest absolute Gasteiger partial charge is 0.230 e. The van der Waals surface area contributed by atoms with Crippen LogP contribution in [0.3, 0.4) is 0 Å². The molecule has 1 aliphatic rings. The fourth-order valence-electron chi connectivity index (χ4n) is 3.65. The van der Waals surface area contributed by atoms with Gasteiger partial charge in [0.2, 0.25) is 5.91 Å². The fraction of sp³-hybridized carbons (Fsp3) is 0.273. The molecule has 0 spiro atoms. The molecule has 8 heteroatoms. The number of sulfone groups is 1. The van der Waals surface area contributed by atoms with Gasteiger partial charge in [-0.3, -0.25) is 4.79 Å². The van der Waals surface area contributed by atoms with Gasteiger partial charge in [-0.15, -0.1) is 0 Å². The lowest BCUT2D eigenvalue weighted by atomic mass is 10.0. The second-order valence-corrected chi connectivity index (χ2v) is 10.9. The van der Waals surface area contributed by atoms with Crippen molar-refractivity contribution in [2.45, 2.75) is 24.0 Å². The number of hydrogen-bond donors (Lipinski definition) is 2. The molecule has 2 aromatic carbocycles. The van der Waals surface area contributed by atoms with Crippen molar-refractivity contribution in [3.63, 3.8) is 0 Å². The van der Waals surface area contributed by atoms with Crippen molar-refractivity contribution in [2.75, 3.05) is 17.3 Å². The number of carbonyl (C=O) groups is 1. The first kappa shape index (κ1) is 20.7. The number of aromatic amines is 1. The van der Waals surface area contributed by atoms with E-state index >= 15 is 0 Å². The Hall–Kier alpha value is -2.58. The average Bonchev–Trinajstić information content (AvgIpc) is 3.28. The van der Waals surface area contributed by atoms with Crippen molar-refractivity contribution in [3.8, 4) is 22.5 Å². The van der Waals surface area contributed by atoms with E-state index < -0.39 is 15.4 Å². The molecule has 0 radical (unpaired) electrons. The minimum absolute atomic E-state index is 0.00648. The predicted octanol–water partition coefficient (Wildman–Crippen LogP) is 3.53. The Morgan fingerprint density at radius 2 is 1.73 bits per heavy atom. The molecule has 1 saturated heterocycles. The van der Waals surface area contributed by atoms with Crippen LogP contribution in [-0.4, -0.2) is 47.1 Å². The molecule has 30 heavy (non-hydrogen) atoms. The summed E-state index contributed by atoms with van der Waals surface area (Å²) in [6, 6.07) is 19.9. The number of rotatable bonds is 6. The van der Waals surface area contributed by atoms with Gasteiger partial charge < -0.3 is 10.3 Å². The van der Waals surface area contributed by atoms with Gasteiger partial charge in [-0.25, -0.2) is 13.4 Å². The Labute approximate surface area is 180 Å². The van der Waals surface area contributed by atoms with Crippen molar-refractivity contribution < 1.29 is 13.2 Å². The van der Waals surface area contributed by atoms with Gasteiger partial charge in [0, 0.05) is 11.1 Å². The number of hydrogen-bond acceptors (Lipinski definition) is 5. The second-order valence-electron chi connectivity index (χ2n) is 7.74. The van der Waals surface area contributed by atoms with Crippen LogP contribution in [0.4, 0.5) is 0 Å². The van der Waals surface area contributed by atoms with E-state index in [1.54, 1.807) is 6.92 Å². The van der Waals surface area contributed by atoms with Gasteiger partial charge in [-0.1, -0.05) is 72.4 Å². The molecule has 0 saturated carbocycles. The van der Waals surface area contributed by atoms with E-state index in [9.17, 15) is 13.2 Å². The quantitative estimate of drug-likeness (QED) is 0.571. The van der Waals surface area contributed by atoms with Crippen LogP contribution in [0, 0.1) is 0 Å². The average molecular weight is 442 g/mol. The Morgan fingerprint density at radius 1 is 1.10 bits per heavy atom. The van der Waals surface area contributed by atoms with E-state index in [-0.39, 0.29) is 23.2 Å². The van der Waals surface area contributed by atoms with Gasteiger partial charge in [-0.2, -0.15) is 0 Å². The standard InChI is InChI=1S/C22H23N3O3S2/c1-22(12-13-30(27,28)15-22)25-18(26)14-29-21-23-19(16-8-4-2-5-9-16)20(24-21)17-10-6-3-7-11-17/h2-11H,12-15H2,1H3,(H,23,24)(H,25,26). The molecule has 1 unspecified atom stereocenters. The van der Waals surface area contributed by atoms with Crippen molar-refractivity contribution >= 4 is 27.5 Å². The zero-order valence-electron chi connectivity index (χ0n) is 16.6. The number of thioether (sulfide) groups is 1. The minimum atomic E-state index is -3.07. The predicted molar refractivity (Wildman–Crippen MR) is 120 cm³/mol. The van der Waals surface area contributed by atoms with Crippen molar-refractivity contribution in [2.24, 2.45) is 0 Å². The zero-order chi connectivity index (χ0) is 21.2. The summed E-state index contributed by atoms with van der Waals surface area (Å²) in [5, 5.41) is 3.53. The van der Waals surface area contributed by atoms with Crippen LogP contribution in [-0.2, 0) is 14.6 Å². The van der Waals surface area contributed by atoms with E-state index in [0.29, 0.717) is 11.6 Å². The maximum Gasteiger partial charge on any atom is 0.230 e. The number of imidazole rings is 1. The molecule has 2 N–H and O–H groups in total. The molecule has 0 aliphatic carbocycles. The van der Waals surface area contributed by atoms with Crippen LogP contribution in [0.15, 0.2) is 65.8 Å². The third kappa shape index (κ3) is 4.76. The summed E-state index contributed by atoms with van der Waals surface area (Å²) in [7, 11) is -3.07. The van der Waals surface area contributed by atoms with Crippen LogP contribution in [0.25, 0.3) is 22.5 Å². The van der Waals surface area contributed by atoms with Crippen LogP contribution in [0.5, 0.6) is 0 Å². The molecule has 1 fully saturated rings. The van der Waals surface area contributed by atoms with Crippen molar-refractivity contribution in [3.05, 3.63) is 60.7 Å². The first-order valence-corrected chi connectivity index (χ1v) is 12.5. The second kappa shape index (κ2) is 8.28. The topological polar surface area (TPSA) is 91.9 Å². The minimum Gasteiger partial charge on any atom is -0.349 e. The molecule has 1 atom stereocenters. The molecule has 6 nitrogen and oxygen atoms in total. The maximum atomic E-state index is 12.5. The third-order valence-corrected chi connectivity index (χ3v) is 7.85. The van der Waals surface area contributed by atoms with E-state index in [4.69, 9.17) is 4.98 Å². The summed E-state index contributed by atoms with van der Waals surface area (Å²) in [6.45, 7) is 1.79. The van der Waals surface area contributed by atoms with Crippen LogP contribution in [0.2, 0.25) is 0 Å². The first-order valence-electron chi connectivity index (χ1n) is 9.69. The SMILES string of the molecule is CC1(NC(=O)CSc2nc(-c3ccccc3)c(-c3ccccc3)[nH]2)CCS(=O)(=O)C1. The Bertz CT molecular complexity index is 1090. The molecule has 156 valence electrons. The highest BCUT2D eigenvalue weighted by Gasteiger charge is 2.39. The van der Waals surface area contributed by atoms with Crippen LogP contribution in [0.1, 0.15) is 13.3 Å². The summed E-state index contributed by atoms with van der Waals surface area (Å²) in [6.07, 6.45) is 0.447. The number of aromatic nitrogens is 2. The summed E-state index contributed by atoms with van der Waals surface area (Å²) in [4.78, 5) is 20.5. The summed E-state index contributed by atoms with van der Waals surface area (Å²) in [5.41, 5.74) is 3.05. The summed E-state index contributed by atoms with van der Waals surface area (Å²) in [5.74, 6) is 0.0771. The lowest BCUT2D eigenvalue weighted by molar-refractivity contribution is -0.120. The van der Waals surface area contributed by atoms with Gasteiger partial charge in [0.05, 0.1) is 34.2 Å². The largest absolute Gasteiger partial charge is 0.349 e. The molecule has 0 bridgehead atoms. The molecule has 3 aromatic rings. The van der Waals surface area contributed by atoms with E-state index in [1.807, 2.05) is 60.7 Å². The first-order chi connectivity index (χ1) is 14.3. The lowest BCUT2D eigenvalue weighted by Crippen LogP contribution is -2.47. The zero-order valence-corrected chi connectivity index (χ0v) is 18.2. The number of nitrogens with zero attached hydrogens (tertiary/aromatic N) is 1. The highest BCUT2D eigenvalue weighted by Crippen LogP contribution is 2.32. The molecular weight excluding hydrogens is 418 g/mol. The van der Waals surface area contributed by atoms with Crippen LogP contribution >= 0.6 is 11.8 Å². The summed E-state index contributed by atoms with van der Waals surface area (Å²) >= 11 is 1.31. The van der Waals surface area contributed by atoms with Gasteiger partial charge >= 0.3 is 0 Å². The van der Waals surface area contributed by atoms with E-state index in [1.165, 1.54) is 11.8 Å². The maximum absolute atomic E-state index is 12.5. The Balaban J connectivity index is 1.51. The van der Waals surface area contributed by atoms with Crippen molar-refractivity contribution in [1.29, 1.82) is 0 Å². The van der Waals surface area contributed by atoms with Crippen molar-refractivity contribution in [1.82, 2.24) is 15.3 Å². The Kier molecular flexibility index (Phi) is 5.71.